The number of amides is 1. The number of aromatic nitrogens is 1. The fourth-order valence-electron chi connectivity index (χ4n) is 3.72. The lowest BCUT2D eigenvalue weighted by Gasteiger charge is -2.34. The average molecular weight is 310 g/mol. The fourth-order valence-corrected chi connectivity index (χ4v) is 4.55. The number of thiophene rings is 1. The number of rotatable bonds is 1. The lowest BCUT2D eigenvalue weighted by atomic mass is 9.92. The van der Waals surface area contributed by atoms with E-state index in [0.717, 1.165) is 17.6 Å². The van der Waals surface area contributed by atoms with E-state index in [9.17, 15) is 4.79 Å². The van der Waals surface area contributed by atoms with Gasteiger partial charge in [0.2, 0.25) is 0 Å². The predicted molar refractivity (Wildman–Crippen MR) is 85.1 cm³/mol. The Bertz CT molecular complexity index is 868. The summed E-state index contributed by atoms with van der Waals surface area (Å²) in [7, 11) is 0. The Morgan fingerprint density at radius 2 is 2.14 bits per heavy atom. The first kappa shape index (κ1) is 12.3. The summed E-state index contributed by atoms with van der Waals surface area (Å²) in [5, 5.41) is 3.32. The number of carbonyl (C=O) groups is 1. The molecule has 3 aromatic rings. The summed E-state index contributed by atoms with van der Waals surface area (Å²) in [6.45, 7) is 0.486. The van der Waals surface area contributed by atoms with Crippen LogP contribution >= 0.6 is 11.3 Å². The van der Waals surface area contributed by atoms with Crippen molar-refractivity contribution < 1.29 is 9.53 Å². The van der Waals surface area contributed by atoms with Crippen LogP contribution in [0, 0.1) is 0 Å². The Morgan fingerprint density at radius 3 is 3.00 bits per heavy atom. The molecule has 2 aliphatic rings. The fraction of sp³-hybridized carbons (Fsp3) is 0.235. The quantitative estimate of drug-likeness (QED) is 0.745. The summed E-state index contributed by atoms with van der Waals surface area (Å²) in [6.07, 6.45) is 0.653. The number of benzene rings is 1. The van der Waals surface area contributed by atoms with Crippen molar-refractivity contribution in [3.8, 4) is 0 Å². The molecule has 4 heterocycles. The number of nitrogens with one attached hydrogen (secondary N) is 1. The Morgan fingerprint density at radius 1 is 1.23 bits per heavy atom. The van der Waals surface area contributed by atoms with Gasteiger partial charge in [-0.05, 0) is 29.5 Å². The number of cyclic esters (lactones) is 1. The molecular formula is C17H14N2O2S. The molecule has 2 unspecified atom stereocenters. The minimum Gasteiger partial charge on any atom is -0.447 e. The van der Waals surface area contributed by atoms with E-state index in [1.807, 2.05) is 17.0 Å². The number of para-hydroxylation sites is 1. The average Bonchev–Trinajstić information content (AvgIpc) is 3.25. The molecule has 1 N–H and O–H groups in total. The highest BCUT2D eigenvalue weighted by Gasteiger charge is 2.45. The summed E-state index contributed by atoms with van der Waals surface area (Å²) in [6, 6.07) is 12.6. The molecule has 4 nitrogen and oxygen atoms in total. The largest absolute Gasteiger partial charge is 0.447 e. The molecule has 2 aromatic heterocycles. The zero-order valence-electron chi connectivity index (χ0n) is 11.8. The minimum atomic E-state index is -0.201. The second-order valence-corrected chi connectivity index (χ2v) is 6.80. The number of carbonyl (C=O) groups excluding carboxylic acids is 1. The first-order chi connectivity index (χ1) is 10.8. The lowest BCUT2D eigenvalue weighted by Crippen LogP contribution is -2.42. The Hall–Kier alpha value is -2.27. The summed E-state index contributed by atoms with van der Waals surface area (Å²) in [4.78, 5) is 18.9. The van der Waals surface area contributed by atoms with E-state index in [4.69, 9.17) is 4.74 Å². The Balaban J connectivity index is 1.78. The highest BCUT2D eigenvalue weighted by Crippen LogP contribution is 2.43. The van der Waals surface area contributed by atoms with Crippen molar-refractivity contribution in [1.82, 2.24) is 9.88 Å². The molecule has 2 atom stereocenters. The van der Waals surface area contributed by atoms with Gasteiger partial charge < -0.3 is 9.72 Å². The number of ether oxygens (including phenoxy) is 1. The summed E-state index contributed by atoms with van der Waals surface area (Å²) < 4.78 is 5.32. The van der Waals surface area contributed by atoms with Gasteiger partial charge in [-0.3, -0.25) is 4.90 Å². The standard InChI is InChI=1S/C17H14N2O2S/c20-17-19-10(9-21-17)8-12-11-4-1-2-5-13(11)18-15(12)16(19)14-6-3-7-22-14/h1-7,10,16,18H,8-9H2. The van der Waals surface area contributed by atoms with Gasteiger partial charge in [0.05, 0.1) is 6.04 Å². The third kappa shape index (κ3) is 1.54. The first-order valence-electron chi connectivity index (χ1n) is 7.41. The highest BCUT2D eigenvalue weighted by atomic mass is 32.1. The number of aromatic amines is 1. The van der Waals surface area contributed by atoms with E-state index in [2.05, 4.69) is 34.6 Å². The van der Waals surface area contributed by atoms with E-state index in [1.165, 1.54) is 15.8 Å². The topological polar surface area (TPSA) is 45.3 Å². The van der Waals surface area contributed by atoms with E-state index in [1.54, 1.807) is 11.3 Å². The van der Waals surface area contributed by atoms with Gasteiger partial charge >= 0.3 is 6.09 Å². The molecule has 110 valence electrons. The molecule has 0 aliphatic carbocycles. The number of fused-ring (bicyclic) bond motifs is 4. The number of hydrogen-bond donors (Lipinski definition) is 1. The smallest absolute Gasteiger partial charge is 0.411 e. The van der Waals surface area contributed by atoms with Crippen LogP contribution in [-0.2, 0) is 11.2 Å². The highest BCUT2D eigenvalue weighted by molar-refractivity contribution is 7.10. The summed E-state index contributed by atoms with van der Waals surface area (Å²) in [5.74, 6) is 0. The van der Waals surface area contributed by atoms with Gasteiger partial charge in [-0.25, -0.2) is 4.79 Å². The van der Waals surface area contributed by atoms with Crippen LogP contribution in [0.5, 0.6) is 0 Å². The van der Waals surface area contributed by atoms with Crippen molar-refractivity contribution >= 4 is 28.3 Å². The van der Waals surface area contributed by atoms with Crippen molar-refractivity contribution in [1.29, 1.82) is 0 Å². The minimum absolute atomic E-state index is 0.0591. The van der Waals surface area contributed by atoms with Crippen molar-refractivity contribution in [3.63, 3.8) is 0 Å². The molecule has 1 fully saturated rings. The maximum Gasteiger partial charge on any atom is 0.411 e. The van der Waals surface area contributed by atoms with Crippen molar-refractivity contribution in [2.45, 2.75) is 18.5 Å². The van der Waals surface area contributed by atoms with Gasteiger partial charge in [-0.1, -0.05) is 24.3 Å². The maximum absolute atomic E-state index is 12.2. The molecular weight excluding hydrogens is 296 g/mol. The lowest BCUT2D eigenvalue weighted by molar-refractivity contribution is 0.148. The molecule has 5 rings (SSSR count). The molecule has 1 amide bonds. The van der Waals surface area contributed by atoms with Crippen LogP contribution in [0.3, 0.4) is 0 Å². The first-order valence-corrected chi connectivity index (χ1v) is 8.29. The summed E-state index contributed by atoms with van der Waals surface area (Å²) in [5.41, 5.74) is 3.61. The number of nitrogens with zero attached hydrogens (tertiary/aromatic N) is 1. The van der Waals surface area contributed by atoms with Crippen LogP contribution in [0.1, 0.15) is 22.2 Å². The molecule has 0 bridgehead atoms. The third-order valence-electron chi connectivity index (χ3n) is 4.65. The predicted octanol–water partition coefficient (Wildman–Crippen LogP) is 3.70. The van der Waals surface area contributed by atoms with E-state index in [-0.39, 0.29) is 18.2 Å². The van der Waals surface area contributed by atoms with Crippen LogP contribution in [0.4, 0.5) is 4.79 Å². The second kappa shape index (κ2) is 4.36. The molecule has 5 heteroatoms. The molecule has 0 saturated carbocycles. The van der Waals surface area contributed by atoms with Gasteiger partial charge in [0, 0.05) is 21.5 Å². The Labute approximate surface area is 131 Å². The monoisotopic (exact) mass is 310 g/mol. The van der Waals surface area contributed by atoms with Crippen LogP contribution < -0.4 is 0 Å². The number of H-pyrrole nitrogens is 1. The van der Waals surface area contributed by atoms with Gasteiger partial charge in [0.15, 0.2) is 0 Å². The van der Waals surface area contributed by atoms with E-state index >= 15 is 0 Å². The normalized spacial score (nSPS) is 23.5. The third-order valence-corrected chi connectivity index (χ3v) is 5.58. The SMILES string of the molecule is O=C1OCC2Cc3c([nH]c4ccccc34)C(c3cccs3)N12. The van der Waals surface area contributed by atoms with Crippen molar-refractivity contribution in [2.75, 3.05) is 6.61 Å². The zero-order valence-corrected chi connectivity index (χ0v) is 12.6. The molecule has 1 saturated heterocycles. The molecule has 1 aromatic carbocycles. The van der Waals surface area contributed by atoms with Gasteiger partial charge in [0.1, 0.15) is 12.6 Å². The maximum atomic E-state index is 12.2. The molecule has 2 aliphatic heterocycles. The molecule has 22 heavy (non-hydrogen) atoms. The van der Waals surface area contributed by atoms with Crippen LogP contribution in [0.15, 0.2) is 41.8 Å². The Kier molecular flexibility index (Phi) is 2.44. The second-order valence-electron chi connectivity index (χ2n) is 5.82. The molecule has 0 radical (unpaired) electrons. The van der Waals surface area contributed by atoms with E-state index in [0.29, 0.717) is 6.61 Å². The van der Waals surface area contributed by atoms with Crippen LogP contribution in [-0.4, -0.2) is 28.6 Å². The summed E-state index contributed by atoms with van der Waals surface area (Å²) >= 11 is 1.68. The van der Waals surface area contributed by atoms with Gasteiger partial charge in [0.25, 0.3) is 0 Å². The van der Waals surface area contributed by atoms with Crippen LogP contribution in [0.25, 0.3) is 10.9 Å². The zero-order chi connectivity index (χ0) is 14.7. The van der Waals surface area contributed by atoms with Gasteiger partial charge in [-0.2, -0.15) is 0 Å². The van der Waals surface area contributed by atoms with Crippen molar-refractivity contribution in [2.24, 2.45) is 0 Å². The molecule has 0 spiro atoms. The van der Waals surface area contributed by atoms with Crippen LogP contribution in [0.2, 0.25) is 0 Å². The number of hydrogen-bond acceptors (Lipinski definition) is 3. The van der Waals surface area contributed by atoms with Crippen molar-refractivity contribution in [3.05, 3.63) is 57.9 Å². The van der Waals surface area contributed by atoms with Gasteiger partial charge in [-0.15, -0.1) is 11.3 Å². The van der Waals surface area contributed by atoms with E-state index < -0.39 is 0 Å².